The number of piperidine rings is 1. The van der Waals surface area contributed by atoms with Crippen molar-refractivity contribution >= 4 is 21.9 Å². The monoisotopic (exact) mass is 498 g/mol. The summed E-state index contributed by atoms with van der Waals surface area (Å²) in [5.74, 6) is -0.392. The maximum atomic E-state index is 13.0. The summed E-state index contributed by atoms with van der Waals surface area (Å²) in [7, 11) is -2.29. The Morgan fingerprint density at radius 3 is 2.40 bits per heavy atom. The van der Waals surface area contributed by atoms with Gasteiger partial charge in [0.15, 0.2) is 0 Å². The van der Waals surface area contributed by atoms with Gasteiger partial charge in [-0.05, 0) is 44.0 Å². The third kappa shape index (κ3) is 4.91. The summed E-state index contributed by atoms with van der Waals surface area (Å²) in [4.78, 5) is 31.2. The van der Waals surface area contributed by atoms with Crippen LogP contribution in [0.3, 0.4) is 0 Å². The molecule has 4 rings (SSSR count). The third-order valence-electron chi connectivity index (χ3n) is 5.85. The van der Waals surface area contributed by atoms with Crippen molar-refractivity contribution < 1.29 is 18.3 Å². The lowest BCUT2D eigenvalue weighted by Crippen LogP contribution is -2.35. The topological polar surface area (TPSA) is 134 Å². The second-order valence-electron chi connectivity index (χ2n) is 8.22. The van der Waals surface area contributed by atoms with Crippen molar-refractivity contribution in [2.24, 2.45) is 4.99 Å². The molecule has 11 heteroatoms. The number of H-pyrrole nitrogens is 1. The van der Waals surface area contributed by atoms with Gasteiger partial charge in [0.2, 0.25) is 15.9 Å². The van der Waals surface area contributed by atoms with Gasteiger partial charge in [-0.25, -0.2) is 17.8 Å². The minimum Gasteiger partial charge on any atom is -0.494 e. The molecule has 1 aliphatic heterocycles. The average molecular weight is 499 g/mol. The molecule has 0 radical (unpaired) electrons. The largest absolute Gasteiger partial charge is 0.494 e. The van der Waals surface area contributed by atoms with Gasteiger partial charge in [-0.3, -0.25) is 14.8 Å². The number of aliphatic imine (C=N–C) groups is 1. The Kier molecular flexibility index (Phi) is 6.90. The summed E-state index contributed by atoms with van der Waals surface area (Å²) in [5.41, 5.74) is -0.269. The van der Waals surface area contributed by atoms with Crippen LogP contribution in [0, 0.1) is 6.92 Å². The number of aryl methyl sites for hydroxylation is 1. The molecule has 1 aromatic heterocycles. The number of aromatic nitrogens is 2. The van der Waals surface area contributed by atoms with E-state index in [0.29, 0.717) is 18.8 Å². The van der Waals surface area contributed by atoms with E-state index in [1.807, 2.05) is 6.92 Å². The molecule has 0 unspecified atom stereocenters. The Labute approximate surface area is 202 Å². The van der Waals surface area contributed by atoms with Crippen molar-refractivity contribution in [1.29, 1.82) is 0 Å². The molecule has 0 saturated carbocycles. The molecule has 1 saturated heterocycles. The average Bonchev–Trinajstić information content (AvgIpc) is 2.85. The van der Waals surface area contributed by atoms with E-state index >= 15 is 0 Å². The first kappa shape index (κ1) is 24.4. The molecule has 2 aromatic carbocycles. The number of ether oxygens (including phenoxy) is 1. The van der Waals surface area contributed by atoms with Crippen molar-refractivity contribution in [3.05, 3.63) is 74.4 Å². The predicted octanol–water partition coefficient (Wildman–Crippen LogP) is 2.47. The zero-order valence-corrected chi connectivity index (χ0v) is 20.2. The Bertz CT molecular complexity index is 1480. The maximum absolute atomic E-state index is 13.0. The number of aromatic hydroxyl groups is 1. The number of nitrogens with one attached hydrogen (secondary N) is 1. The molecule has 2 heterocycles. The number of aromatic amines is 1. The lowest BCUT2D eigenvalue weighted by atomic mass is 10.2. The van der Waals surface area contributed by atoms with Crippen molar-refractivity contribution in [1.82, 2.24) is 13.9 Å². The summed E-state index contributed by atoms with van der Waals surface area (Å²) in [6, 6.07) is 11.1. The molecule has 0 amide bonds. The molecule has 35 heavy (non-hydrogen) atoms. The van der Waals surface area contributed by atoms with Crippen LogP contribution in [0.2, 0.25) is 0 Å². The van der Waals surface area contributed by atoms with Gasteiger partial charge in [0.1, 0.15) is 17.0 Å². The smallest absolute Gasteiger partial charge is 0.335 e. The van der Waals surface area contributed by atoms with Crippen LogP contribution < -0.4 is 16.0 Å². The predicted molar refractivity (Wildman–Crippen MR) is 132 cm³/mol. The molecule has 1 aliphatic rings. The number of methoxy groups -OCH3 is 1. The van der Waals surface area contributed by atoms with Crippen molar-refractivity contribution in [2.75, 3.05) is 20.2 Å². The van der Waals surface area contributed by atoms with Crippen LogP contribution in [0.15, 0.2) is 61.9 Å². The molecule has 0 aliphatic carbocycles. The van der Waals surface area contributed by atoms with E-state index in [1.54, 1.807) is 24.3 Å². The third-order valence-corrected chi connectivity index (χ3v) is 7.74. The molecule has 0 atom stereocenters. The molecule has 10 nitrogen and oxygen atoms in total. The van der Waals surface area contributed by atoms with Gasteiger partial charge in [0.05, 0.1) is 17.7 Å². The van der Waals surface area contributed by atoms with Crippen LogP contribution in [0.1, 0.15) is 30.4 Å². The first-order valence-corrected chi connectivity index (χ1v) is 12.5. The van der Waals surface area contributed by atoms with E-state index in [0.717, 1.165) is 35.6 Å². The molecule has 2 N–H and O–H groups in total. The lowest BCUT2D eigenvalue weighted by molar-refractivity contribution is 0.346. The number of hydrogen-bond donors (Lipinski definition) is 2. The van der Waals surface area contributed by atoms with Gasteiger partial charge in [0.25, 0.3) is 5.56 Å². The van der Waals surface area contributed by atoms with Crippen LogP contribution in [0.4, 0.5) is 5.69 Å². The van der Waals surface area contributed by atoms with E-state index in [1.165, 1.54) is 29.6 Å². The summed E-state index contributed by atoms with van der Waals surface area (Å²) < 4.78 is 33.7. The molecule has 184 valence electrons. The van der Waals surface area contributed by atoms with E-state index < -0.39 is 27.2 Å². The molecule has 1 fully saturated rings. The number of benzene rings is 2. The van der Waals surface area contributed by atoms with Gasteiger partial charge >= 0.3 is 5.69 Å². The van der Waals surface area contributed by atoms with Crippen LogP contribution in [-0.4, -0.2) is 53.8 Å². The van der Waals surface area contributed by atoms with Crippen LogP contribution in [0.25, 0.3) is 5.69 Å². The fourth-order valence-corrected chi connectivity index (χ4v) is 5.43. The minimum absolute atomic E-state index is 0.0869. The number of hydrogen-bond acceptors (Lipinski definition) is 7. The highest BCUT2D eigenvalue weighted by Gasteiger charge is 2.26. The number of nitrogens with zero attached hydrogens (tertiary/aromatic N) is 3. The fraction of sp³-hybridized carbons (Fsp3) is 0.292. The molecular weight excluding hydrogens is 472 g/mol. The lowest BCUT2D eigenvalue weighted by Gasteiger charge is -2.26. The number of sulfonamides is 1. The Morgan fingerprint density at radius 1 is 1.06 bits per heavy atom. The Morgan fingerprint density at radius 2 is 1.74 bits per heavy atom. The quantitative estimate of drug-likeness (QED) is 0.502. The van der Waals surface area contributed by atoms with E-state index in [-0.39, 0.29) is 21.9 Å². The highest BCUT2D eigenvalue weighted by atomic mass is 32.2. The fourth-order valence-electron chi connectivity index (χ4n) is 3.90. The zero-order valence-electron chi connectivity index (χ0n) is 19.4. The van der Waals surface area contributed by atoms with Crippen molar-refractivity contribution in [2.45, 2.75) is 31.1 Å². The first-order valence-electron chi connectivity index (χ1n) is 11.1. The van der Waals surface area contributed by atoms with E-state index in [2.05, 4.69) is 9.98 Å². The highest BCUT2D eigenvalue weighted by molar-refractivity contribution is 7.89. The van der Waals surface area contributed by atoms with Crippen LogP contribution in [-0.2, 0) is 10.0 Å². The summed E-state index contributed by atoms with van der Waals surface area (Å²) in [6.45, 7) is 2.83. The zero-order chi connectivity index (χ0) is 25.2. The minimum atomic E-state index is -3.67. The van der Waals surface area contributed by atoms with Gasteiger partial charge in [0, 0.05) is 25.4 Å². The van der Waals surface area contributed by atoms with Gasteiger partial charge < -0.3 is 9.84 Å². The van der Waals surface area contributed by atoms with E-state index in [9.17, 15) is 23.1 Å². The van der Waals surface area contributed by atoms with Crippen molar-refractivity contribution in [3.8, 4) is 17.3 Å². The molecule has 0 spiro atoms. The maximum Gasteiger partial charge on any atom is 0.335 e. The first-order chi connectivity index (χ1) is 16.7. The Balaban J connectivity index is 1.71. The summed E-state index contributed by atoms with van der Waals surface area (Å²) >= 11 is 0. The van der Waals surface area contributed by atoms with Gasteiger partial charge in [-0.15, -0.1) is 0 Å². The van der Waals surface area contributed by atoms with Crippen LogP contribution in [0.5, 0.6) is 11.6 Å². The van der Waals surface area contributed by atoms with Crippen molar-refractivity contribution in [3.63, 3.8) is 0 Å². The van der Waals surface area contributed by atoms with Gasteiger partial charge in [-0.1, -0.05) is 24.1 Å². The summed E-state index contributed by atoms with van der Waals surface area (Å²) in [6.07, 6.45) is 3.75. The second kappa shape index (κ2) is 9.88. The molecule has 3 aromatic rings. The Hall–Kier alpha value is -3.70. The normalized spacial score (nSPS) is 14.9. The molecular formula is C24H26N4O6S. The highest BCUT2D eigenvalue weighted by Crippen LogP contribution is 2.32. The second-order valence-corrected chi connectivity index (χ2v) is 10.2. The molecule has 0 bridgehead atoms. The summed E-state index contributed by atoms with van der Waals surface area (Å²) in [5, 5.41) is 10.7. The van der Waals surface area contributed by atoms with Gasteiger partial charge in [-0.2, -0.15) is 4.31 Å². The SMILES string of the molecule is COc1cc(S(=O)(=O)N2CCCCC2)ccc1N=Cc1c(O)n(-c2ccc(C)cc2)c(=O)[nH]c1=O. The number of rotatable bonds is 6. The van der Waals surface area contributed by atoms with E-state index in [4.69, 9.17) is 4.74 Å². The standard InChI is InChI=1S/C24H26N4O6S/c1-16-6-8-17(9-7-16)28-23(30)19(22(29)26-24(28)31)15-25-20-11-10-18(14-21(20)34-2)35(32,33)27-12-4-3-5-13-27/h6-11,14-15,30H,3-5,12-13H2,1-2H3,(H,26,29,31). The van der Waals surface area contributed by atoms with Crippen LogP contribution >= 0.6 is 0 Å².